The molecule has 2 aromatic carbocycles. The molecule has 6 nitrogen and oxygen atoms in total. The van der Waals surface area contributed by atoms with E-state index in [0.29, 0.717) is 29.6 Å². The molecule has 3 heterocycles. The van der Waals surface area contributed by atoms with Crippen LogP contribution in [-0.2, 0) is 11.8 Å². The van der Waals surface area contributed by atoms with Crippen molar-refractivity contribution in [3.63, 3.8) is 0 Å². The summed E-state index contributed by atoms with van der Waals surface area (Å²) in [6.45, 7) is 3.84. The van der Waals surface area contributed by atoms with E-state index in [-0.39, 0.29) is 11.9 Å². The minimum Gasteiger partial charge on any atom is -0.370 e. The predicted molar refractivity (Wildman–Crippen MR) is 119 cm³/mol. The summed E-state index contributed by atoms with van der Waals surface area (Å²) in [7, 11) is 1.89. The van der Waals surface area contributed by atoms with Gasteiger partial charge in [-0.25, -0.2) is 14.4 Å². The molecule has 1 atom stereocenters. The Morgan fingerprint density at radius 2 is 2.03 bits per heavy atom. The number of rotatable bonds is 3. The minimum absolute atomic E-state index is 0.0824. The van der Waals surface area contributed by atoms with Gasteiger partial charge >= 0.3 is 0 Å². The van der Waals surface area contributed by atoms with Gasteiger partial charge in [0.1, 0.15) is 17.7 Å². The number of hydrogen-bond acceptors (Lipinski definition) is 5. The maximum atomic E-state index is 14.8. The fourth-order valence-electron chi connectivity index (χ4n) is 4.02. The van der Waals surface area contributed by atoms with Crippen LogP contribution in [0, 0.1) is 12.7 Å². The van der Waals surface area contributed by atoms with Gasteiger partial charge in [0.2, 0.25) is 0 Å². The molecule has 0 amide bonds. The van der Waals surface area contributed by atoms with E-state index in [9.17, 15) is 4.39 Å². The summed E-state index contributed by atoms with van der Waals surface area (Å²) in [6, 6.07) is 8.76. The van der Waals surface area contributed by atoms with Crippen molar-refractivity contribution in [1.29, 1.82) is 0 Å². The number of aryl methyl sites for hydroxylation is 2. The van der Waals surface area contributed by atoms with Gasteiger partial charge in [-0.3, -0.25) is 4.68 Å². The summed E-state index contributed by atoms with van der Waals surface area (Å²) in [6.07, 6.45) is 5.48. The highest BCUT2D eigenvalue weighted by Gasteiger charge is 2.24. The Hall–Kier alpha value is -3.03. The molecule has 0 spiro atoms. The first-order valence-electron chi connectivity index (χ1n) is 10.1. The SMILES string of the molecule is Cc1ncc2c(-c3ccc(Cl)cc3F)cc(N3CCO[C@@H](c4cnn(C)c4)C3)cc2n1. The van der Waals surface area contributed by atoms with Crippen LogP contribution in [0.3, 0.4) is 0 Å². The van der Waals surface area contributed by atoms with Crippen molar-refractivity contribution in [3.8, 4) is 11.1 Å². The number of benzene rings is 2. The Morgan fingerprint density at radius 1 is 1.16 bits per heavy atom. The summed E-state index contributed by atoms with van der Waals surface area (Å²) in [5.41, 5.74) is 3.99. The fraction of sp³-hybridized carbons (Fsp3) is 0.261. The van der Waals surface area contributed by atoms with E-state index in [4.69, 9.17) is 16.3 Å². The smallest absolute Gasteiger partial charge is 0.132 e. The number of ether oxygens (including phenoxy) is 1. The molecule has 158 valence electrons. The molecule has 1 fully saturated rings. The number of halogens is 2. The molecular weight excluding hydrogens is 417 g/mol. The van der Waals surface area contributed by atoms with E-state index in [1.54, 1.807) is 23.0 Å². The van der Waals surface area contributed by atoms with Crippen molar-refractivity contribution in [2.24, 2.45) is 7.05 Å². The molecule has 0 saturated carbocycles. The normalized spacial score (nSPS) is 16.8. The summed E-state index contributed by atoms with van der Waals surface area (Å²) < 4.78 is 22.6. The molecule has 0 radical (unpaired) electrons. The first-order chi connectivity index (χ1) is 15.0. The van der Waals surface area contributed by atoms with Gasteiger partial charge in [-0.05, 0) is 42.8 Å². The van der Waals surface area contributed by atoms with Crippen LogP contribution in [0.25, 0.3) is 22.0 Å². The number of anilines is 1. The van der Waals surface area contributed by atoms with Gasteiger partial charge in [0, 0.05) is 59.8 Å². The second-order valence-electron chi connectivity index (χ2n) is 7.72. The van der Waals surface area contributed by atoms with Gasteiger partial charge in [0.05, 0.1) is 18.3 Å². The molecule has 4 aromatic rings. The van der Waals surface area contributed by atoms with Crippen LogP contribution < -0.4 is 4.90 Å². The van der Waals surface area contributed by atoms with Crippen molar-refractivity contribution >= 4 is 28.2 Å². The van der Waals surface area contributed by atoms with Crippen LogP contribution in [0.15, 0.2) is 48.9 Å². The Bertz CT molecular complexity index is 1270. The quantitative estimate of drug-likeness (QED) is 0.464. The highest BCUT2D eigenvalue weighted by Crippen LogP contribution is 2.36. The van der Waals surface area contributed by atoms with E-state index >= 15 is 0 Å². The third kappa shape index (κ3) is 3.86. The minimum atomic E-state index is -0.373. The Morgan fingerprint density at radius 3 is 2.81 bits per heavy atom. The lowest BCUT2D eigenvalue weighted by atomic mass is 9.99. The topological polar surface area (TPSA) is 56.1 Å². The highest BCUT2D eigenvalue weighted by atomic mass is 35.5. The molecule has 31 heavy (non-hydrogen) atoms. The summed E-state index contributed by atoms with van der Waals surface area (Å²) >= 11 is 5.98. The first-order valence-corrected chi connectivity index (χ1v) is 10.4. The third-order valence-electron chi connectivity index (χ3n) is 5.56. The molecule has 0 bridgehead atoms. The second kappa shape index (κ2) is 7.90. The molecule has 1 aliphatic heterocycles. The molecule has 8 heteroatoms. The van der Waals surface area contributed by atoms with Gasteiger partial charge in [-0.15, -0.1) is 0 Å². The second-order valence-corrected chi connectivity index (χ2v) is 8.16. The summed E-state index contributed by atoms with van der Waals surface area (Å²) in [5.74, 6) is 0.295. The van der Waals surface area contributed by atoms with Crippen molar-refractivity contribution in [1.82, 2.24) is 19.7 Å². The average molecular weight is 438 g/mol. The standard InChI is InChI=1S/C23H21ClFN5O/c1-14-26-11-20-19(18-4-3-16(24)7-21(18)25)8-17(9-22(20)28-14)30-5-6-31-23(13-30)15-10-27-29(2)12-15/h3-4,7-12,23H,5-6,13H2,1-2H3/t23-/m1/s1. The Labute approximate surface area is 184 Å². The van der Waals surface area contributed by atoms with Gasteiger partial charge in [0.15, 0.2) is 0 Å². The van der Waals surface area contributed by atoms with Gasteiger partial charge in [0.25, 0.3) is 0 Å². The van der Waals surface area contributed by atoms with Crippen LogP contribution >= 0.6 is 11.6 Å². The molecule has 1 aliphatic rings. The number of aromatic nitrogens is 4. The largest absolute Gasteiger partial charge is 0.370 e. The predicted octanol–water partition coefficient (Wildman–Crippen LogP) is 4.71. The molecule has 2 aromatic heterocycles. The maximum Gasteiger partial charge on any atom is 0.132 e. The van der Waals surface area contributed by atoms with Gasteiger partial charge in [-0.2, -0.15) is 5.10 Å². The first kappa shape index (κ1) is 19.9. The van der Waals surface area contributed by atoms with Crippen LogP contribution in [0.2, 0.25) is 5.02 Å². The van der Waals surface area contributed by atoms with E-state index in [1.165, 1.54) is 6.07 Å². The lowest BCUT2D eigenvalue weighted by Gasteiger charge is -2.34. The van der Waals surface area contributed by atoms with Crippen LogP contribution in [0.5, 0.6) is 0 Å². The van der Waals surface area contributed by atoms with E-state index in [2.05, 4.69) is 20.0 Å². The van der Waals surface area contributed by atoms with E-state index < -0.39 is 0 Å². The van der Waals surface area contributed by atoms with Crippen molar-refractivity contribution in [3.05, 3.63) is 71.2 Å². The number of nitrogens with zero attached hydrogens (tertiary/aromatic N) is 5. The summed E-state index contributed by atoms with van der Waals surface area (Å²) in [5, 5.41) is 5.42. The summed E-state index contributed by atoms with van der Waals surface area (Å²) in [4.78, 5) is 11.2. The lowest BCUT2D eigenvalue weighted by molar-refractivity contribution is 0.0397. The average Bonchev–Trinajstić information content (AvgIpc) is 3.19. The van der Waals surface area contributed by atoms with Crippen molar-refractivity contribution in [2.45, 2.75) is 13.0 Å². The van der Waals surface area contributed by atoms with E-state index in [1.807, 2.05) is 38.5 Å². The van der Waals surface area contributed by atoms with Crippen molar-refractivity contribution in [2.75, 3.05) is 24.6 Å². The molecular formula is C23H21ClFN5O. The molecule has 0 N–H and O–H groups in total. The molecule has 0 unspecified atom stereocenters. The van der Waals surface area contributed by atoms with Crippen LogP contribution in [-0.4, -0.2) is 39.4 Å². The number of hydrogen-bond donors (Lipinski definition) is 0. The molecule has 0 aliphatic carbocycles. The number of fused-ring (bicyclic) bond motifs is 1. The van der Waals surface area contributed by atoms with Gasteiger partial charge < -0.3 is 9.64 Å². The van der Waals surface area contributed by atoms with Gasteiger partial charge in [-0.1, -0.05) is 11.6 Å². The Kier molecular flexibility index (Phi) is 5.08. The van der Waals surface area contributed by atoms with Crippen molar-refractivity contribution < 1.29 is 9.13 Å². The Balaban J connectivity index is 1.60. The lowest BCUT2D eigenvalue weighted by Crippen LogP contribution is -2.38. The highest BCUT2D eigenvalue weighted by molar-refractivity contribution is 6.30. The molecule has 1 saturated heterocycles. The van der Waals surface area contributed by atoms with E-state index in [0.717, 1.165) is 34.3 Å². The van der Waals surface area contributed by atoms with Crippen LogP contribution in [0.1, 0.15) is 17.5 Å². The zero-order valence-corrected chi connectivity index (χ0v) is 18.0. The zero-order chi connectivity index (χ0) is 21.5. The molecule has 5 rings (SSSR count). The maximum absolute atomic E-state index is 14.8. The zero-order valence-electron chi connectivity index (χ0n) is 17.2. The van der Waals surface area contributed by atoms with Crippen LogP contribution in [0.4, 0.5) is 10.1 Å². The fourth-order valence-corrected chi connectivity index (χ4v) is 4.18. The third-order valence-corrected chi connectivity index (χ3v) is 5.79. The number of morpholine rings is 1. The monoisotopic (exact) mass is 437 g/mol.